The Balaban J connectivity index is 2.00. The van der Waals surface area contributed by atoms with Crippen molar-refractivity contribution in [1.29, 1.82) is 0 Å². The second-order valence-electron chi connectivity index (χ2n) is 7.48. The van der Waals surface area contributed by atoms with Gasteiger partial charge >= 0.3 is 5.97 Å². The molecule has 0 aromatic heterocycles. The van der Waals surface area contributed by atoms with Crippen molar-refractivity contribution in [1.82, 2.24) is 10.2 Å². The molecule has 1 heterocycles. The highest BCUT2D eigenvalue weighted by Crippen LogP contribution is 2.30. The van der Waals surface area contributed by atoms with E-state index in [9.17, 15) is 19.2 Å². The van der Waals surface area contributed by atoms with Crippen molar-refractivity contribution in [2.45, 2.75) is 57.4 Å². The molecule has 0 spiro atoms. The van der Waals surface area contributed by atoms with Gasteiger partial charge in [0.05, 0.1) is 25.7 Å². The van der Waals surface area contributed by atoms with Crippen LogP contribution in [-0.4, -0.2) is 66.4 Å². The first kappa shape index (κ1) is 21.3. The average molecular weight is 382 g/mol. The average Bonchev–Trinajstić information content (AvgIpc) is 2.68. The van der Waals surface area contributed by atoms with Crippen molar-refractivity contribution in [2.75, 3.05) is 26.3 Å². The van der Waals surface area contributed by atoms with Gasteiger partial charge in [0.1, 0.15) is 6.29 Å². The highest BCUT2D eigenvalue weighted by Gasteiger charge is 2.30. The molecule has 1 aliphatic heterocycles. The minimum atomic E-state index is -1.15. The number of carbonyl (C=O) groups excluding carboxylic acids is 3. The fourth-order valence-electron chi connectivity index (χ4n) is 3.88. The lowest BCUT2D eigenvalue weighted by Gasteiger charge is -2.30. The van der Waals surface area contributed by atoms with Crippen molar-refractivity contribution < 1.29 is 29.0 Å². The van der Waals surface area contributed by atoms with Crippen LogP contribution in [0.5, 0.6) is 0 Å². The molecule has 1 saturated heterocycles. The first-order chi connectivity index (χ1) is 13.0. The fourth-order valence-corrected chi connectivity index (χ4v) is 3.88. The molecule has 27 heavy (non-hydrogen) atoms. The van der Waals surface area contributed by atoms with Crippen LogP contribution in [0.15, 0.2) is 0 Å². The highest BCUT2D eigenvalue weighted by atomic mass is 16.5. The standard InChI is InChI=1S/C19H30N2O6/c22-13-16(12-18(24)25)20-19(26)15(10-14-4-2-1-3-5-14)11-17(23)21-6-8-27-9-7-21/h13-16H,1-12H2,(H,20,26)(H,24,25)/t15-,16+/m1/s1. The summed E-state index contributed by atoms with van der Waals surface area (Å²) in [5, 5.41) is 11.4. The van der Waals surface area contributed by atoms with Crippen molar-refractivity contribution >= 4 is 24.1 Å². The highest BCUT2D eigenvalue weighted by molar-refractivity contribution is 5.88. The van der Waals surface area contributed by atoms with Crippen LogP contribution in [-0.2, 0) is 23.9 Å². The number of amides is 2. The number of carboxylic acids is 1. The summed E-state index contributed by atoms with van der Waals surface area (Å²) >= 11 is 0. The van der Waals surface area contributed by atoms with Crippen LogP contribution in [0.4, 0.5) is 0 Å². The molecular weight excluding hydrogens is 352 g/mol. The Morgan fingerprint density at radius 1 is 1.11 bits per heavy atom. The van der Waals surface area contributed by atoms with Gasteiger partial charge in [0.2, 0.25) is 11.8 Å². The number of carbonyl (C=O) groups is 4. The van der Waals surface area contributed by atoms with Crippen LogP contribution in [0, 0.1) is 11.8 Å². The maximum absolute atomic E-state index is 12.7. The van der Waals surface area contributed by atoms with E-state index in [0.29, 0.717) is 44.9 Å². The molecule has 2 amide bonds. The number of aliphatic carboxylic acids is 1. The van der Waals surface area contributed by atoms with E-state index >= 15 is 0 Å². The molecule has 0 bridgehead atoms. The number of carboxylic acid groups (broad SMARTS) is 1. The Bertz CT molecular complexity index is 526. The molecule has 2 fully saturated rings. The van der Waals surface area contributed by atoms with Crippen molar-refractivity contribution in [3.8, 4) is 0 Å². The Kier molecular flexibility index (Phi) is 8.71. The maximum atomic E-state index is 12.7. The molecule has 0 aromatic rings. The number of nitrogens with zero attached hydrogens (tertiary/aromatic N) is 1. The van der Waals surface area contributed by atoms with E-state index in [0.717, 1.165) is 25.7 Å². The van der Waals surface area contributed by atoms with E-state index in [-0.39, 0.29) is 12.3 Å². The fraction of sp³-hybridized carbons (Fsp3) is 0.789. The van der Waals surface area contributed by atoms with Crippen molar-refractivity contribution in [2.24, 2.45) is 11.8 Å². The van der Waals surface area contributed by atoms with E-state index in [1.807, 2.05) is 0 Å². The zero-order valence-corrected chi connectivity index (χ0v) is 15.7. The summed E-state index contributed by atoms with van der Waals surface area (Å²) in [7, 11) is 0. The minimum absolute atomic E-state index is 0.0843. The molecule has 0 aromatic carbocycles. The number of aldehydes is 1. The SMILES string of the molecule is O=C[C@H](CC(=O)O)NC(=O)[C@@H](CC(=O)N1CCOCC1)CC1CCCCC1. The van der Waals surface area contributed by atoms with Crippen molar-refractivity contribution in [3.63, 3.8) is 0 Å². The van der Waals surface area contributed by atoms with Gasteiger partial charge < -0.3 is 24.9 Å². The second-order valence-corrected chi connectivity index (χ2v) is 7.48. The predicted octanol–water partition coefficient (Wildman–Crippen LogP) is 0.980. The topological polar surface area (TPSA) is 113 Å². The molecule has 8 nitrogen and oxygen atoms in total. The first-order valence-electron chi connectivity index (χ1n) is 9.82. The molecule has 8 heteroatoms. The minimum Gasteiger partial charge on any atom is -0.481 e. The number of hydrogen-bond acceptors (Lipinski definition) is 5. The lowest BCUT2D eigenvalue weighted by molar-refractivity contribution is -0.141. The number of ether oxygens (including phenoxy) is 1. The van der Waals surface area contributed by atoms with E-state index in [1.165, 1.54) is 6.42 Å². The Morgan fingerprint density at radius 3 is 2.37 bits per heavy atom. The summed E-state index contributed by atoms with van der Waals surface area (Å²) in [6, 6.07) is -1.07. The second kappa shape index (κ2) is 11.0. The van der Waals surface area contributed by atoms with Crippen LogP contribution in [0.1, 0.15) is 51.4 Å². The number of nitrogens with one attached hydrogen (secondary N) is 1. The van der Waals surface area contributed by atoms with Gasteiger partial charge in [0, 0.05) is 25.4 Å². The summed E-state index contributed by atoms with van der Waals surface area (Å²) in [5.41, 5.74) is 0. The van der Waals surface area contributed by atoms with Gasteiger partial charge in [-0.25, -0.2) is 0 Å². The molecule has 2 atom stereocenters. The summed E-state index contributed by atoms with van der Waals surface area (Å²) in [6.45, 7) is 2.03. The third-order valence-corrected chi connectivity index (χ3v) is 5.38. The van der Waals surface area contributed by atoms with Gasteiger partial charge in [-0.1, -0.05) is 32.1 Å². The smallest absolute Gasteiger partial charge is 0.305 e. The van der Waals surface area contributed by atoms with Crippen LogP contribution < -0.4 is 5.32 Å². The zero-order chi connectivity index (χ0) is 19.6. The van der Waals surface area contributed by atoms with Crippen LogP contribution in [0.2, 0.25) is 0 Å². The third kappa shape index (κ3) is 7.28. The molecule has 1 saturated carbocycles. The Labute approximate surface area is 159 Å². The van der Waals surface area contributed by atoms with Gasteiger partial charge in [-0.2, -0.15) is 0 Å². The molecule has 2 N–H and O–H groups in total. The van der Waals surface area contributed by atoms with Gasteiger partial charge in [-0.05, 0) is 12.3 Å². The molecular formula is C19H30N2O6. The number of rotatable bonds is 9. The summed E-state index contributed by atoms with van der Waals surface area (Å²) < 4.78 is 5.26. The lowest BCUT2D eigenvalue weighted by atomic mass is 9.81. The van der Waals surface area contributed by atoms with E-state index in [1.54, 1.807) is 4.90 Å². The van der Waals surface area contributed by atoms with E-state index in [2.05, 4.69) is 5.32 Å². The zero-order valence-electron chi connectivity index (χ0n) is 15.7. The summed E-state index contributed by atoms with van der Waals surface area (Å²) in [6.07, 6.45) is 6.21. The van der Waals surface area contributed by atoms with Crippen molar-refractivity contribution in [3.05, 3.63) is 0 Å². The monoisotopic (exact) mass is 382 g/mol. The van der Waals surface area contributed by atoms with E-state index < -0.39 is 30.3 Å². The van der Waals surface area contributed by atoms with Gasteiger partial charge in [-0.15, -0.1) is 0 Å². The molecule has 2 aliphatic rings. The molecule has 2 rings (SSSR count). The normalized spacial score (nSPS) is 20.5. The molecule has 152 valence electrons. The number of hydrogen-bond donors (Lipinski definition) is 2. The van der Waals surface area contributed by atoms with Crippen LogP contribution in [0.3, 0.4) is 0 Å². The predicted molar refractivity (Wildman–Crippen MR) is 96.9 cm³/mol. The van der Waals surface area contributed by atoms with Gasteiger partial charge in [0.25, 0.3) is 0 Å². The first-order valence-corrected chi connectivity index (χ1v) is 9.82. The Hall–Kier alpha value is -1.96. The molecule has 1 aliphatic carbocycles. The summed E-state index contributed by atoms with van der Waals surface area (Å²) in [5.74, 6) is -1.79. The van der Waals surface area contributed by atoms with E-state index in [4.69, 9.17) is 9.84 Å². The maximum Gasteiger partial charge on any atom is 0.305 e. The molecule has 0 radical (unpaired) electrons. The lowest BCUT2D eigenvalue weighted by Crippen LogP contribution is -2.45. The number of morpholine rings is 1. The molecule has 0 unspecified atom stereocenters. The van der Waals surface area contributed by atoms with Gasteiger partial charge in [-0.3, -0.25) is 14.4 Å². The van der Waals surface area contributed by atoms with Gasteiger partial charge in [0.15, 0.2) is 0 Å². The quantitative estimate of drug-likeness (QED) is 0.575. The largest absolute Gasteiger partial charge is 0.481 e. The van der Waals surface area contributed by atoms with Crippen LogP contribution >= 0.6 is 0 Å². The van der Waals surface area contributed by atoms with Crippen LogP contribution in [0.25, 0.3) is 0 Å². The summed E-state index contributed by atoms with van der Waals surface area (Å²) in [4.78, 5) is 49.0. The third-order valence-electron chi connectivity index (χ3n) is 5.38. The Morgan fingerprint density at radius 2 is 1.78 bits per heavy atom.